The number of halogens is 2. The van der Waals surface area contributed by atoms with Crippen molar-refractivity contribution in [1.82, 2.24) is 5.32 Å². The van der Waals surface area contributed by atoms with Crippen LogP contribution in [0, 0.1) is 0 Å². The predicted molar refractivity (Wildman–Crippen MR) is 118 cm³/mol. The quantitative estimate of drug-likeness (QED) is 0.465. The van der Waals surface area contributed by atoms with Crippen LogP contribution in [0.15, 0.2) is 40.9 Å². The third-order valence-corrected chi connectivity index (χ3v) is 5.53. The van der Waals surface area contributed by atoms with E-state index in [0.717, 1.165) is 21.4 Å². The van der Waals surface area contributed by atoms with Crippen LogP contribution in [-0.4, -0.2) is 36.2 Å². The van der Waals surface area contributed by atoms with Crippen molar-refractivity contribution in [3.63, 3.8) is 0 Å². The number of methoxy groups -OCH3 is 1. The summed E-state index contributed by atoms with van der Waals surface area (Å²) in [6.45, 7) is 0.789. The van der Waals surface area contributed by atoms with Gasteiger partial charge in [-0.05, 0) is 69.8 Å². The minimum absolute atomic E-state index is 0.375. The van der Waals surface area contributed by atoms with Crippen molar-refractivity contribution in [3.05, 3.63) is 57.0 Å². The van der Waals surface area contributed by atoms with E-state index in [1.807, 2.05) is 42.7 Å². The molecule has 0 aliphatic carbocycles. The molecule has 2 aromatic rings. The molecule has 1 unspecified atom stereocenters. The summed E-state index contributed by atoms with van der Waals surface area (Å²) in [5, 5.41) is 13.1. The second-order valence-corrected chi connectivity index (χ2v) is 8.35. The normalized spacial score (nSPS) is 11.9. The molecule has 0 aliphatic rings. The van der Waals surface area contributed by atoms with Crippen LogP contribution in [0.1, 0.15) is 17.5 Å². The lowest BCUT2D eigenvalue weighted by molar-refractivity contribution is -0.139. The molecule has 1 atom stereocenters. The number of hydrogen-bond acceptors (Lipinski definition) is 5. The molecule has 0 saturated carbocycles. The minimum Gasteiger partial charge on any atom is -0.493 e. The number of ether oxygens (including phenoxy) is 2. The Balaban J connectivity index is 2.07. The lowest BCUT2D eigenvalue weighted by Gasteiger charge is -2.17. The van der Waals surface area contributed by atoms with Gasteiger partial charge in [0.2, 0.25) is 0 Å². The zero-order valence-corrected chi connectivity index (χ0v) is 18.9. The molecule has 2 aromatic carbocycles. The van der Waals surface area contributed by atoms with Crippen molar-refractivity contribution in [2.45, 2.75) is 25.6 Å². The number of benzene rings is 2. The average molecular weight is 489 g/mol. The third-order valence-electron chi connectivity index (χ3n) is 4.05. The Morgan fingerprint density at radius 3 is 2.61 bits per heavy atom. The van der Waals surface area contributed by atoms with Gasteiger partial charge in [-0.15, -0.1) is 0 Å². The third kappa shape index (κ3) is 6.88. The Bertz CT molecular complexity index is 789. The predicted octanol–water partition coefficient (Wildman–Crippen LogP) is 4.99. The lowest BCUT2D eigenvalue weighted by Crippen LogP contribution is -2.36. The van der Waals surface area contributed by atoms with E-state index in [1.165, 1.54) is 0 Å². The van der Waals surface area contributed by atoms with Crippen LogP contribution in [0.3, 0.4) is 0 Å². The van der Waals surface area contributed by atoms with Crippen molar-refractivity contribution in [2.24, 2.45) is 0 Å². The van der Waals surface area contributed by atoms with E-state index < -0.39 is 12.0 Å². The first kappa shape index (κ1) is 22.9. The molecule has 152 valence electrons. The van der Waals surface area contributed by atoms with Crippen molar-refractivity contribution in [1.29, 1.82) is 0 Å². The number of hydrogen-bond donors (Lipinski definition) is 2. The molecule has 0 aliphatic heterocycles. The Hall–Kier alpha value is -1.41. The first-order valence-corrected chi connectivity index (χ1v) is 11.2. The molecule has 2 rings (SSSR count). The van der Waals surface area contributed by atoms with Gasteiger partial charge in [0, 0.05) is 11.6 Å². The van der Waals surface area contributed by atoms with E-state index in [9.17, 15) is 9.90 Å². The first-order valence-electron chi connectivity index (χ1n) is 8.63. The van der Waals surface area contributed by atoms with Gasteiger partial charge >= 0.3 is 5.97 Å². The van der Waals surface area contributed by atoms with Gasteiger partial charge in [0.15, 0.2) is 11.5 Å². The highest BCUT2D eigenvalue weighted by Gasteiger charge is 2.17. The largest absolute Gasteiger partial charge is 0.493 e. The second kappa shape index (κ2) is 11.6. The van der Waals surface area contributed by atoms with E-state index in [-0.39, 0.29) is 0 Å². The maximum Gasteiger partial charge on any atom is 0.320 e. The second-order valence-electron chi connectivity index (χ2n) is 6.08. The first-order chi connectivity index (χ1) is 13.4. The fourth-order valence-electron chi connectivity index (χ4n) is 2.54. The van der Waals surface area contributed by atoms with Crippen LogP contribution >= 0.6 is 39.3 Å². The zero-order chi connectivity index (χ0) is 20.5. The molecule has 0 fully saturated rings. The van der Waals surface area contributed by atoms with Crippen LogP contribution in [0.25, 0.3) is 0 Å². The monoisotopic (exact) mass is 487 g/mol. The zero-order valence-electron chi connectivity index (χ0n) is 15.7. The molecule has 0 spiro atoms. The summed E-state index contributed by atoms with van der Waals surface area (Å²) in [7, 11) is 1.58. The van der Waals surface area contributed by atoms with Crippen LogP contribution in [-0.2, 0) is 17.9 Å². The number of carboxylic acid groups (broad SMARTS) is 1. The van der Waals surface area contributed by atoms with E-state index in [2.05, 4.69) is 21.2 Å². The van der Waals surface area contributed by atoms with Crippen molar-refractivity contribution >= 4 is 45.3 Å². The molecule has 28 heavy (non-hydrogen) atoms. The number of aliphatic carboxylic acids is 1. The summed E-state index contributed by atoms with van der Waals surface area (Å²) >= 11 is 11.1. The topological polar surface area (TPSA) is 67.8 Å². The van der Waals surface area contributed by atoms with E-state index >= 15 is 0 Å². The maximum absolute atomic E-state index is 11.4. The maximum atomic E-state index is 11.4. The van der Waals surface area contributed by atoms with Gasteiger partial charge < -0.3 is 19.9 Å². The molecule has 8 heteroatoms. The molecular weight excluding hydrogens is 466 g/mol. The Morgan fingerprint density at radius 1 is 1.29 bits per heavy atom. The smallest absolute Gasteiger partial charge is 0.320 e. The highest BCUT2D eigenvalue weighted by Crippen LogP contribution is 2.37. The SMILES string of the molecule is COc1cc(CNC(CCSC)C(=O)O)cc(Br)c1OCc1ccc(Cl)cc1. The van der Waals surface area contributed by atoms with Gasteiger partial charge in [0.1, 0.15) is 12.6 Å². The van der Waals surface area contributed by atoms with Crippen LogP contribution in [0.2, 0.25) is 5.02 Å². The van der Waals surface area contributed by atoms with Gasteiger partial charge in [-0.3, -0.25) is 4.79 Å². The van der Waals surface area contributed by atoms with Crippen LogP contribution < -0.4 is 14.8 Å². The summed E-state index contributed by atoms with van der Waals surface area (Å²) in [6, 6.07) is 10.6. The number of carboxylic acids is 1. The molecule has 0 bridgehead atoms. The van der Waals surface area contributed by atoms with Gasteiger partial charge in [0.25, 0.3) is 0 Å². The highest BCUT2D eigenvalue weighted by molar-refractivity contribution is 9.10. The molecule has 0 aromatic heterocycles. The fraction of sp³-hybridized carbons (Fsp3) is 0.350. The molecule has 5 nitrogen and oxygen atoms in total. The molecule has 0 saturated heterocycles. The summed E-state index contributed by atoms with van der Waals surface area (Å²) in [6.07, 6.45) is 2.53. The van der Waals surface area contributed by atoms with E-state index in [1.54, 1.807) is 18.9 Å². The van der Waals surface area contributed by atoms with E-state index in [4.69, 9.17) is 21.1 Å². The number of thioether (sulfide) groups is 1. The Labute approximate surface area is 182 Å². The standard InChI is InChI=1S/C20H23BrClNO4S/c1-26-18-10-14(11-23-17(20(24)25)7-8-28-2)9-16(21)19(18)27-12-13-3-5-15(22)6-4-13/h3-6,9-10,17,23H,7-8,11-12H2,1-2H3,(H,24,25). The van der Waals surface area contributed by atoms with Gasteiger partial charge in [-0.25, -0.2) is 0 Å². The summed E-state index contributed by atoms with van der Waals surface area (Å²) in [5.41, 5.74) is 1.89. The fourth-order valence-corrected chi connectivity index (χ4v) is 3.74. The van der Waals surface area contributed by atoms with Crippen molar-refractivity contribution < 1.29 is 19.4 Å². The van der Waals surface area contributed by atoms with E-state index in [0.29, 0.717) is 36.1 Å². The molecule has 0 heterocycles. The average Bonchev–Trinajstić information content (AvgIpc) is 2.67. The highest BCUT2D eigenvalue weighted by atomic mass is 79.9. The number of nitrogens with one attached hydrogen (secondary N) is 1. The lowest BCUT2D eigenvalue weighted by atomic mass is 10.1. The van der Waals surface area contributed by atoms with Crippen molar-refractivity contribution in [2.75, 3.05) is 19.1 Å². The minimum atomic E-state index is -0.844. The number of rotatable bonds is 11. The molecule has 0 radical (unpaired) electrons. The molecular formula is C20H23BrClNO4S. The number of carbonyl (C=O) groups is 1. The van der Waals surface area contributed by atoms with Gasteiger partial charge in [-0.2, -0.15) is 11.8 Å². The van der Waals surface area contributed by atoms with Crippen LogP contribution in [0.5, 0.6) is 11.5 Å². The molecule has 2 N–H and O–H groups in total. The summed E-state index contributed by atoms with van der Waals surface area (Å²) in [4.78, 5) is 11.4. The molecule has 0 amide bonds. The summed E-state index contributed by atoms with van der Waals surface area (Å²) < 4.78 is 12.1. The van der Waals surface area contributed by atoms with Gasteiger partial charge in [0.05, 0.1) is 11.6 Å². The van der Waals surface area contributed by atoms with Gasteiger partial charge in [-0.1, -0.05) is 23.7 Å². The van der Waals surface area contributed by atoms with Crippen molar-refractivity contribution in [3.8, 4) is 11.5 Å². The Kier molecular flexibility index (Phi) is 9.44. The van der Waals surface area contributed by atoms with Crippen LogP contribution in [0.4, 0.5) is 0 Å². The Morgan fingerprint density at radius 2 is 2.00 bits per heavy atom. The summed E-state index contributed by atoms with van der Waals surface area (Å²) in [5.74, 6) is 1.12.